The van der Waals surface area contributed by atoms with Crippen LogP contribution in [0.25, 0.3) is 11.1 Å². The lowest BCUT2D eigenvalue weighted by Gasteiger charge is -2.12. The maximum atomic E-state index is 12.1. The summed E-state index contributed by atoms with van der Waals surface area (Å²) in [5, 5.41) is 0.366. The van der Waals surface area contributed by atoms with E-state index in [0.29, 0.717) is 5.75 Å². The van der Waals surface area contributed by atoms with E-state index in [-0.39, 0.29) is 22.2 Å². The van der Waals surface area contributed by atoms with Gasteiger partial charge in [-0.1, -0.05) is 77.8 Å². The number of hydrogen-bond acceptors (Lipinski definition) is 3. The Morgan fingerprint density at radius 1 is 0.821 bits per heavy atom. The Morgan fingerprint density at radius 2 is 1.54 bits per heavy atom. The van der Waals surface area contributed by atoms with Crippen molar-refractivity contribution in [2.75, 3.05) is 6.61 Å². The van der Waals surface area contributed by atoms with Gasteiger partial charge in [0.05, 0.1) is 15.6 Å². The average Bonchev–Trinajstić information content (AvgIpc) is 2.73. The lowest BCUT2D eigenvalue weighted by Crippen LogP contribution is -2.43. The first-order valence-electron chi connectivity index (χ1n) is 8.36. The van der Waals surface area contributed by atoms with Gasteiger partial charge in [0.1, 0.15) is 5.75 Å². The van der Waals surface area contributed by atoms with Crippen molar-refractivity contribution in [1.82, 2.24) is 10.9 Å². The van der Waals surface area contributed by atoms with E-state index in [2.05, 4.69) is 10.9 Å². The first-order chi connectivity index (χ1) is 13.6. The number of rotatable bonds is 5. The summed E-state index contributed by atoms with van der Waals surface area (Å²) in [6.45, 7) is -0.270. The fourth-order valence-corrected chi connectivity index (χ4v) is 2.89. The van der Waals surface area contributed by atoms with Crippen LogP contribution in [0.2, 0.25) is 10.0 Å². The summed E-state index contributed by atoms with van der Waals surface area (Å²) in [6, 6.07) is 21.8. The Labute approximate surface area is 172 Å². The molecule has 3 aromatic carbocycles. The zero-order valence-corrected chi connectivity index (χ0v) is 16.1. The van der Waals surface area contributed by atoms with Crippen LogP contribution in [-0.4, -0.2) is 18.4 Å². The van der Waals surface area contributed by atoms with Gasteiger partial charge in [0.25, 0.3) is 11.8 Å². The van der Waals surface area contributed by atoms with Crippen LogP contribution < -0.4 is 15.6 Å². The Balaban J connectivity index is 1.58. The van der Waals surface area contributed by atoms with E-state index in [9.17, 15) is 9.59 Å². The van der Waals surface area contributed by atoms with Gasteiger partial charge in [-0.2, -0.15) is 0 Å². The fraction of sp³-hybridized carbons (Fsp3) is 0.0476. The van der Waals surface area contributed by atoms with Gasteiger partial charge in [-0.05, 0) is 23.8 Å². The second kappa shape index (κ2) is 9.26. The molecule has 0 radical (unpaired) electrons. The topological polar surface area (TPSA) is 67.4 Å². The standard InChI is InChI=1S/C21H16Cl2N2O3/c22-17-11-6-10-16(20(17)23)21(27)25-24-19(26)13-28-18-12-5-4-9-15(18)14-7-2-1-3-8-14/h1-12H,13H2,(H,24,26)(H,25,27). The molecule has 0 fully saturated rings. The van der Waals surface area contributed by atoms with Crippen LogP contribution in [0.15, 0.2) is 72.8 Å². The predicted octanol–water partition coefficient (Wildman–Crippen LogP) is 4.50. The number of hydrazine groups is 1. The molecule has 2 amide bonds. The predicted molar refractivity (Wildman–Crippen MR) is 109 cm³/mol. The van der Waals surface area contributed by atoms with Crippen LogP contribution in [0.4, 0.5) is 0 Å². The van der Waals surface area contributed by atoms with E-state index >= 15 is 0 Å². The van der Waals surface area contributed by atoms with E-state index < -0.39 is 11.8 Å². The Morgan fingerprint density at radius 3 is 2.32 bits per heavy atom. The highest BCUT2D eigenvalue weighted by atomic mass is 35.5. The third-order valence-electron chi connectivity index (χ3n) is 3.84. The highest BCUT2D eigenvalue weighted by molar-refractivity contribution is 6.43. The van der Waals surface area contributed by atoms with Crippen molar-refractivity contribution in [3.05, 3.63) is 88.4 Å². The molecule has 5 nitrogen and oxygen atoms in total. The summed E-state index contributed by atoms with van der Waals surface area (Å²) in [5.74, 6) is -0.534. The highest BCUT2D eigenvalue weighted by Crippen LogP contribution is 2.29. The van der Waals surface area contributed by atoms with E-state index in [4.69, 9.17) is 27.9 Å². The van der Waals surface area contributed by atoms with Crippen LogP contribution in [-0.2, 0) is 4.79 Å². The molecule has 0 atom stereocenters. The molecule has 3 aromatic rings. The molecule has 0 saturated heterocycles. The van der Waals surface area contributed by atoms with Gasteiger partial charge in [-0.25, -0.2) is 0 Å². The molecular formula is C21H16Cl2N2O3. The third kappa shape index (κ3) is 4.82. The van der Waals surface area contributed by atoms with Crippen LogP contribution in [0.3, 0.4) is 0 Å². The van der Waals surface area contributed by atoms with Crippen molar-refractivity contribution < 1.29 is 14.3 Å². The Kier molecular flexibility index (Phi) is 6.53. The monoisotopic (exact) mass is 414 g/mol. The molecular weight excluding hydrogens is 399 g/mol. The highest BCUT2D eigenvalue weighted by Gasteiger charge is 2.14. The van der Waals surface area contributed by atoms with Crippen LogP contribution in [0.5, 0.6) is 5.75 Å². The molecule has 0 aliphatic carbocycles. The molecule has 0 spiro atoms. The first kappa shape index (κ1) is 19.7. The minimum atomic E-state index is -0.578. The van der Waals surface area contributed by atoms with Crippen molar-refractivity contribution in [2.45, 2.75) is 0 Å². The Hall–Kier alpha value is -3.02. The summed E-state index contributed by atoms with van der Waals surface area (Å²) < 4.78 is 5.62. The minimum Gasteiger partial charge on any atom is -0.483 e. The van der Waals surface area contributed by atoms with Crippen LogP contribution in [0.1, 0.15) is 10.4 Å². The molecule has 0 saturated carbocycles. The molecule has 0 aliphatic heterocycles. The van der Waals surface area contributed by atoms with E-state index in [0.717, 1.165) is 11.1 Å². The first-order valence-corrected chi connectivity index (χ1v) is 9.12. The number of hydrogen-bond donors (Lipinski definition) is 2. The van der Waals surface area contributed by atoms with Crippen molar-refractivity contribution in [2.24, 2.45) is 0 Å². The number of benzene rings is 3. The molecule has 28 heavy (non-hydrogen) atoms. The second-order valence-corrected chi connectivity index (χ2v) is 6.54. The van der Waals surface area contributed by atoms with Crippen LogP contribution in [0, 0.1) is 0 Å². The molecule has 0 bridgehead atoms. The summed E-state index contributed by atoms with van der Waals surface area (Å²) in [5.41, 5.74) is 6.58. The summed E-state index contributed by atoms with van der Waals surface area (Å²) in [6.07, 6.45) is 0. The van der Waals surface area contributed by atoms with Gasteiger partial charge in [-0.3, -0.25) is 20.4 Å². The zero-order valence-electron chi connectivity index (χ0n) is 14.6. The van der Waals surface area contributed by atoms with Crippen molar-refractivity contribution >= 4 is 35.0 Å². The van der Waals surface area contributed by atoms with E-state index in [1.54, 1.807) is 18.2 Å². The molecule has 0 heterocycles. The van der Waals surface area contributed by atoms with Crippen molar-refractivity contribution in [3.8, 4) is 16.9 Å². The molecule has 142 valence electrons. The summed E-state index contributed by atoms with van der Waals surface area (Å²) >= 11 is 11.9. The minimum absolute atomic E-state index is 0.115. The zero-order chi connectivity index (χ0) is 19.9. The quantitative estimate of drug-likeness (QED) is 0.603. The summed E-state index contributed by atoms with van der Waals surface area (Å²) in [4.78, 5) is 24.2. The van der Waals surface area contributed by atoms with Crippen molar-refractivity contribution in [3.63, 3.8) is 0 Å². The van der Waals surface area contributed by atoms with Gasteiger partial charge < -0.3 is 4.74 Å². The van der Waals surface area contributed by atoms with Crippen molar-refractivity contribution in [1.29, 1.82) is 0 Å². The molecule has 0 unspecified atom stereocenters. The number of para-hydroxylation sites is 1. The number of ether oxygens (including phenoxy) is 1. The van der Waals surface area contributed by atoms with Crippen LogP contribution >= 0.6 is 23.2 Å². The second-order valence-electron chi connectivity index (χ2n) is 5.75. The van der Waals surface area contributed by atoms with Gasteiger partial charge in [-0.15, -0.1) is 0 Å². The molecule has 7 heteroatoms. The maximum absolute atomic E-state index is 12.1. The third-order valence-corrected chi connectivity index (χ3v) is 4.66. The molecule has 0 aliphatic rings. The largest absolute Gasteiger partial charge is 0.483 e. The van der Waals surface area contributed by atoms with Gasteiger partial charge in [0.15, 0.2) is 6.61 Å². The normalized spacial score (nSPS) is 10.2. The maximum Gasteiger partial charge on any atom is 0.276 e. The van der Waals surface area contributed by atoms with E-state index in [1.165, 1.54) is 6.07 Å². The average molecular weight is 415 g/mol. The number of amides is 2. The number of carbonyl (C=O) groups excluding carboxylic acids is 2. The number of halogens is 2. The molecule has 0 aromatic heterocycles. The summed E-state index contributed by atoms with van der Waals surface area (Å²) in [7, 11) is 0. The lowest BCUT2D eigenvalue weighted by molar-refractivity contribution is -0.123. The molecule has 3 rings (SSSR count). The number of nitrogens with one attached hydrogen (secondary N) is 2. The van der Waals surface area contributed by atoms with Gasteiger partial charge in [0, 0.05) is 5.56 Å². The van der Waals surface area contributed by atoms with Gasteiger partial charge >= 0.3 is 0 Å². The number of carbonyl (C=O) groups is 2. The smallest absolute Gasteiger partial charge is 0.276 e. The van der Waals surface area contributed by atoms with E-state index in [1.807, 2.05) is 48.5 Å². The lowest BCUT2D eigenvalue weighted by atomic mass is 10.1. The fourth-order valence-electron chi connectivity index (χ4n) is 2.50. The molecule has 2 N–H and O–H groups in total. The Bertz CT molecular complexity index is 994. The van der Waals surface area contributed by atoms with Gasteiger partial charge in [0.2, 0.25) is 0 Å². The SMILES string of the molecule is O=C(COc1ccccc1-c1ccccc1)NNC(=O)c1cccc(Cl)c1Cl.